The zero-order valence-corrected chi connectivity index (χ0v) is 13.4. The summed E-state index contributed by atoms with van der Waals surface area (Å²) in [6, 6.07) is 5.28. The minimum absolute atomic E-state index is 0.603. The Morgan fingerprint density at radius 2 is 2.14 bits per heavy atom. The predicted molar refractivity (Wildman–Crippen MR) is 88.4 cm³/mol. The monoisotopic (exact) mass is 299 g/mol. The van der Waals surface area contributed by atoms with Gasteiger partial charge in [-0.1, -0.05) is 0 Å². The van der Waals surface area contributed by atoms with E-state index >= 15 is 0 Å². The Morgan fingerprint density at radius 1 is 1.32 bits per heavy atom. The van der Waals surface area contributed by atoms with Gasteiger partial charge in [0.05, 0.1) is 11.9 Å². The first kappa shape index (κ1) is 15.2. The molecule has 1 saturated heterocycles. The second kappa shape index (κ2) is 7.03. The lowest BCUT2D eigenvalue weighted by molar-refractivity contribution is 0.161. The van der Waals surface area contributed by atoms with E-state index in [9.17, 15) is 0 Å². The Morgan fingerprint density at radius 3 is 2.82 bits per heavy atom. The number of aromatic amines is 1. The molecule has 5 nitrogen and oxygen atoms in total. The van der Waals surface area contributed by atoms with Crippen LogP contribution >= 0.6 is 0 Å². The van der Waals surface area contributed by atoms with E-state index in [2.05, 4.69) is 45.3 Å². The highest BCUT2D eigenvalue weighted by atomic mass is 15.2. The van der Waals surface area contributed by atoms with E-state index in [-0.39, 0.29) is 0 Å². The van der Waals surface area contributed by atoms with Gasteiger partial charge in [0.2, 0.25) is 0 Å². The molecule has 3 heterocycles. The maximum atomic E-state index is 4.20. The molecule has 0 saturated carbocycles. The summed E-state index contributed by atoms with van der Waals surface area (Å²) >= 11 is 0. The number of likely N-dealkylation sites (tertiary alicyclic amines) is 1. The second-order valence-electron chi connectivity index (χ2n) is 6.30. The van der Waals surface area contributed by atoms with E-state index in [0.29, 0.717) is 12.1 Å². The Bertz CT molecular complexity index is 570. The molecule has 0 aromatic carbocycles. The molecule has 0 amide bonds. The maximum Gasteiger partial charge on any atom is 0.0710 e. The quantitative estimate of drug-likeness (QED) is 0.890. The summed E-state index contributed by atoms with van der Waals surface area (Å²) in [5.74, 6) is 0. The van der Waals surface area contributed by atoms with Gasteiger partial charge in [-0.25, -0.2) is 0 Å². The van der Waals surface area contributed by atoms with Crippen molar-refractivity contribution in [1.29, 1.82) is 0 Å². The molecule has 1 aliphatic rings. The standard InChI is InChI=1S/C17H25N5/c1-13(2)22-8-5-16(6-9-22)19-11-15-12-20-21-17(15)14-4-3-7-18-10-14/h3-4,7,10,12-13,16,19H,5-6,8-9,11H2,1-2H3,(H,20,21). The van der Waals surface area contributed by atoms with Crippen LogP contribution in [0.2, 0.25) is 0 Å². The van der Waals surface area contributed by atoms with Gasteiger partial charge in [0.1, 0.15) is 0 Å². The fourth-order valence-electron chi connectivity index (χ4n) is 3.08. The molecular formula is C17H25N5. The van der Waals surface area contributed by atoms with Crippen LogP contribution in [0.25, 0.3) is 11.3 Å². The molecule has 2 aromatic heterocycles. The van der Waals surface area contributed by atoms with E-state index in [1.807, 2.05) is 18.5 Å². The third-order valence-electron chi connectivity index (χ3n) is 4.51. The number of nitrogens with zero attached hydrogens (tertiary/aromatic N) is 3. The molecule has 5 heteroatoms. The topological polar surface area (TPSA) is 56.8 Å². The molecule has 3 rings (SSSR count). The number of aromatic nitrogens is 3. The van der Waals surface area contributed by atoms with E-state index in [1.54, 1.807) is 6.20 Å². The molecule has 0 bridgehead atoms. The minimum Gasteiger partial charge on any atom is -0.310 e. The summed E-state index contributed by atoms with van der Waals surface area (Å²) in [5, 5.41) is 11.0. The number of nitrogens with one attached hydrogen (secondary N) is 2. The van der Waals surface area contributed by atoms with E-state index in [1.165, 1.54) is 31.5 Å². The third kappa shape index (κ3) is 3.54. The summed E-state index contributed by atoms with van der Waals surface area (Å²) in [5.41, 5.74) is 3.37. The van der Waals surface area contributed by atoms with Crippen LogP contribution in [0.5, 0.6) is 0 Å². The van der Waals surface area contributed by atoms with Crippen molar-refractivity contribution >= 4 is 0 Å². The molecule has 0 radical (unpaired) electrons. The first-order valence-corrected chi connectivity index (χ1v) is 8.14. The number of piperidine rings is 1. The zero-order valence-electron chi connectivity index (χ0n) is 13.4. The van der Waals surface area contributed by atoms with Gasteiger partial charge >= 0.3 is 0 Å². The first-order chi connectivity index (χ1) is 10.7. The Labute approximate surface area is 132 Å². The van der Waals surface area contributed by atoms with Gasteiger partial charge in [-0.15, -0.1) is 0 Å². The minimum atomic E-state index is 0.603. The van der Waals surface area contributed by atoms with Gasteiger partial charge in [0.25, 0.3) is 0 Å². The molecule has 0 spiro atoms. The number of hydrogen-bond donors (Lipinski definition) is 2. The summed E-state index contributed by atoms with van der Waals surface area (Å²) in [6.07, 6.45) is 8.02. The van der Waals surface area contributed by atoms with Crippen LogP contribution < -0.4 is 5.32 Å². The van der Waals surface area contributed by atoms with Crippen molar-refractivity contribution in [1.82, 2.24) is 25.4 Å². The first-order valence-electron chi connectivity index (χ1n) is 8.14. The molecule has 1 aliphatic heterocycles. The highest BCUT2D eigenvalue weighted by Crippen LogP contribution is 2.20. The third-order valence-corrected chi connectivity index (χ3v) is 4.51. The van der Waals surface area contributed by atoms with Gasteiger partial charge in [-0.2, -0.15) is 5.10 Å². The van der Waals surface area contributed by atoms with E-state index < -0.39 is 0 Å². The summed E-state index contributed by atoms with van der Waals surface area (Å²) in [7, 11) is 0. The lowest BCUT2D eigenvalue weighted by Gasteiger charge is -2.35. The molecule has 2 N–H and O–H groups in total. The summed E-state index contributed by atoms with van der Waals surface area (Å²) in [6.45, 7) is 7.79. The molecule has 2 aromatic rings. The number of rotatable bonds is 5. The van der Waals surface area contributed by atoms with Crippen LogP contribution in [0.3, 0.4) is 0 Å². The highest BCUT2D eigenvalue weighted by Gasteiger charge is 2.20. The van der Waals surface area contributed by atoms with Crippen LogP contribution in [-0.4, -0.2) is 45.3 Å². The van der Waals surface area contributed by atoms with Crippen LogP contribution in [0.15, 0.2) is 30.7 Å². The lowest BCUT2D eigenvalue weighted by atomic mass is 10.0. The highest BCUT2D eigenvalue weighted by molar-refractivity contribution is 5.61. The molecule has 22 heavy (non-hydrogen) atoms. The van der Waals surface area contributed by atoms with Gasteiger partial charge in [-0.3, -0.25) is 10.1 Å². The largest absolute Gasteiger partial charge is 0.310 e. The Balaban J connectivity index is 1.56. The van der Waals surface area contributed by atoms with Crippen molar-refractivity contribution in [2.24, 2.45) is 0 Å². The average molecular weight is 299 g/mol. The van der Waals surface area contributed by atoms with Crippen molar-refractivity contribution in [2.45, 2.75) is 45.3 Å². The van der Waals surface area contributed by atoms with Crippen LogP contribution in [0.1, 0.15) is 32.3 Å². The van der Waals surface area contributed by atoms with Crippen molar-refractivity contribution in [3.63, 3.8) is 0 Å². The fourth-order valence-corrected chi connectivity index (χ4v) is 3.08. The molecular weight excluding hydrogens is 274 g/mol. The predicted octanol–water partition coefficient (Wildman–Crippen LogP) is 2.43. The molecule has 118 valence electrons. The van der Waals surface area contributed by atoms with E-state index in [4.69, 9.17) is 0 Å². The molecule has 0 unspecified atom stereocenters. The number of H-pyrrole nitrogens is 1. The van der Waals surface area contributed by atoms with Crippen molar-refractivity contribution in [3.05, 3.63) is 36.3 Å². The molecule has 0 aliphatic carbocycles. The SMILES string of the molecule is CC(C)N1CCC(NCc2cn[nH]c2-c2cccnc2)CC1. The number of pyridine rings is 1. The van der Waals surface area contributed by atoms with Gasteiger partial charge in [0.15, 0.2) is 0 Å². The lowest BCUT2D eigenvalue weighted by Crippen LogP contribution is -2.44. The van der Waals surface area contributed by atoms with Crippen LogP contribution in [0.4, 0.5) is 0 Å². The Hall–Kier alpha value is -1.72. The number of hydrogen-bond acceptors (Lipinski definition) is 4. The van der Waals surface area contributed by atoms with E-state index in [0.717, 1.165) is 17.8 Å². The van der Waals surface area contributed by atoms with Gasteiger partial charge < -0.3 is 10.2 Å². The second-order valence-corrected chi connectivity index (χ2v) is 6.30. The smallest absolute Gasteiger partial charge is 0.0710 e. The molecule has 0 atom stereocenters. The van der Waals surface area contributed by atoms with Gasteiger partial charge in [-0.05, 0) is 51.9 Å². The van der Waals surface area contributed by atoms with Crippen molar-refractivity contribution in [2.75, 3.05) is 13.1 Å². The zero-order chi connectivity index (χ0) is 15.4. The Kier molecular flexibility index (Phi) is 4.85. The van der Waals surface area contributed by atoms with Crippen LogP contribution in [-0.2, 0) is 6.54 Å². The van der Waals surface area contributed by atoms with Crippen molar-refractivity contribution in [3.8, 4) is 11.3 Å². The summed E-state index contributed by atoms with van der Waals surface area (Å²) < 4.78 is 0. The normalized spacial score (nSPS) is 17.2. The van der Waals surface area contributed by atoms with Crippen molar-refractivity contribution < 1.29 is 0 Å². The average Bonchev–Trinajstić information content (AvgIpc) is 3.02. The maximum absolute atomic E-state index is 4.20. The fraction of sp³-hybridized carbons (Fsp3) is 0.529. The summed E-state index contributed by atoms with van der Waals surface area (Å²) in [4.78, 5) is 6.74. The van der Waals surface area contributed by atoms with Gasteiger partial charge in [0, 0.05) is 42.1 Å². The van der Waals surface area contributed by atoms with Crippen LogP contribution in [0, 0.1) is 0 Å². The molecule has 1 fully saturated rings.